The number of carbonyl (C=O) groups excluding carboxylic acids is 2. The quantitative estimate of drug-likeness (QED) is 0.317. The maximum Gasteiger partial charge on any atom is 0.321 e. The van der Waals surface area contributed by atoms with E-state index in [0.717, 1.165) is 46.5 Å². The van der Waals surface area contributed by atoms with Crippen molar-refractivity contribution in [2.24, 2.45) is 13.0 Å². The number of nitrogens with zero attached hydrogens (tertiary/aromatic N) is 5. The van der Waals surface area contributed by atoms with E-state index in [1.807, 2.05) is 80.1 Å². The van der Waals surface area contributed by atoms with Gasteiger partial charge in [0.1, 0.15) is 11.5 Å². The average molecular weight is 641 g/mol. The molecule has 47 heavy (non-hydrogen) atoms. The van der Waals surface area contributed by atoms with Gasteiger partial charge in [-0.2, -0.15) is 0 Å². The summed E-state index contributed by atoms with van der Waals surface area (Å²) in [7, 11) is 3.67. The molecule has 1 saturated heterocycles. The molecule has 2 aromatic heterocycles. The molecule has 0 spiro atoms. The number of para-hydroxylation sites is 1. The Morgan fingerprint density at radius 2 is 1.87 bits per heavy atom. The van der Waals surface area contributed by atoms with Crippen molar-refractivity contribution < 1.29 is 24.2 Å². The monoisotopic (exact) mass is 640 g/mol. The van der Waals surface area contributed by atoms with Crippen molar-refractivity contribution in [3.05, 3.63) is 78.1 Å². The molecule has 4 heterocycles. The first-order valence-electron chi connectivity index (χ1n) is 16.3. The van der Waals surface area contributed by atoms with Crippen LogP contribution in [0, 0.1) is 5.92 Å². The van der Waals surface area contributed by atoms with Gasteiger partial charge in [0.2, 0.25) is 0 Å². The summed E-state index contributed by atoms with van der Waals surface area (Å²) >= 11 is 0. The van der Waals surface area contributed by atoms with Gasteiger partial charge >= 0.3 is 6.03 Å². The van der Waals surface area contributed by atoms with Gasteiger partial charge < -0.3 is 39.2 Å². The maximum absolute atomic E-state index is 14.6. The van der Waals surface area contributed by atoms with Crippen LogP contribution < -0.4 is 10.2 Å². The number of ether oxygens (including phenoxy) is 2. The highest BCUT2D eigenvalue weighted by Gasteiger charge is 2.34. The number of hydrogen-bond acceptors (Lipinski definition) is 7. The highest BCUT2D eigenvalue weighted by atomic mass is 16.5. The Hall–Kier alpha value is -4.45. The van der Waals surface area contributed by atoms with E-state index in [9.17, 15) is 14.7 Å². The van der Waals surface area contributed by atoms with Crippen molar-refractivity contribution in [1.82, 2.24) is 19.4 Å². The molecule has 2 N–H and O–H groups in total. The van der Waals surface area contributed by atoms with Crippen LogP contribution >= 0.6 is 0 Å². The lowest BCUT2D eigenvalue weighted by molar-refractivity contribution is -0.0179. The van der Waals surface area contributed by atoms with Crippen LogP contribution in [-0.4, -0.2) is 102 Å². The smallest absolute Gasteiger partial charge is 0.321 e. The lowest BCUT2D eigenvalue weighted by atomic mass is 9.96. The van der Waals surface area contributed by atoms with E-state index >= 15 is 0 Å². The fourth-order valence-electron chi connectivity index (χ4n) is 6.56. The summed E-state index contributed by atoms with van der Waals surface area (Å²) in [5, 5.41) is 14.3. The molecule has 0 unspecified atom stereocenters. The Labute approximate surface area is 275 Å². The zero-order valence-corrected chi connectivity index (χ0v) is 27.6. The summed E-state index contributed by atoms with van der Waals surface area (Å²) in [5.74, 6) is 0.479. The number of benzene rings is 2. The van der Waals surface area contributed by atoms with Gasteiger partial charge in [0.25, 0.3) is 5.91 Å². The number of rotatable bonds is 6. The number of anilines is 2. The van der Waals surface area contributed by atoms with Gasteiger partial charge in [0, 0.05) is 80.6 Å². The van der Waals surface area contributed by atoms with Crippen LogP contribution in [0.1, 0.15) is 29.9 Å². The highest BCUT2D eigenvalue weighted by Crippen LogP contribution is 2.38. The van der Waals surface area contributed by atoms with Gasteiger partial charge in [0.05, 0.1) is 38.6 Å². The van der Waals surface area contributed by atoms with E-state index in [2.05, 4.69) is 15.2 Å². The minimum absolute atomic E-state index is 0.151. The van der Waals surface area contributed by atoms with E-state index in [1.54, 1.807) is 29.1 Å². The molecule has 11 heteroatoms. The molecule has 0 bridgehead atoms. The second-order valence-corrected chi connectivity index (χ2v) is 12.6. The number of amides is 3. The molecule has 6 rings (SSSR count). The zero-order chi connectivity index (χ0) is 33.1. The van der Waals surface area contributed by atoms with Crippen molar-refractivity contribution in [2.45, 2.75) is 32.6 Å². The number of aromatic nitrogens is 2. The highest BCUT2D eigenvalue weighted by molar-refractivity contribution is 6.10. The summed E-state index contributed by atoms with van der Waals surface area (Å²) in [4.78, 5) is 38.0. The number of pyridine rings is 1. The van der Waals surface area contributed by atoms with Crippen molar-refractivity contribution in [2.75, 3.05) is 63.3 Å². The summed E-state index contributed by atoms with van der Waals surface area (Å²) in [6.45, 7) is 7.44. The maximum atomic E-state index is 14.6. The van der Waals surface area contributed by atoms with E-state index in [4.69, 9.17) is 9.47 Å². The van der Waals surface area contributed by atoms with Crippen LogP contribution in [0.3, 0.4) is 0 Å². The van der Waals surface area contributed by atoms with Gasteiger partial charge in [-0.1, -0.05) is 49.4 Å². The molecule has 4 aromatic rings. The minimum Gasteiger partial charge on any atom is -0.394 e. The van der Waals surface area contributed by atoms with Gasteiger partial charge in [-0.05, 0) is 30.2 Å². The number of fused-ring (bicyclic) bond motifs is 5. The second kappa shape index (κ2) is 14.1. The van der Waals surface area contributed by atoms with Crippen molar-refractivity contribution in [1.29, 1.82) is 0 Å². The lowest BCUT2D eigenvalue weighted by Gasteiger charge is -2.35. The van der Waals surface area contributed by atoms with E-state index in [1.165, 1.54) is 0 Å². The SMILES string of the molecule is C[C@H](CO)N1C[C@H](C)[C@@H](CN(C)C(=O)Nc2ccnc(N3CCOCC3)c2)OCc2ccccc2-c2c(n(C)c3ccccc23)C1=O. The molecule has 2 aliphatic rings. The van der Waals surface area contributed by atoms with Gasteiger partial charge in [-0.15, -0.1) is 0 Å². The fourth-order valence-corrected chi connectivity index (χ4v) is 6.56. The van der Waals surface area contributed by atoms with Crippen LogP contribution in [0.4, 0.5) is 16.3 Å². The van der Waals surface area contributed by atoms with Gasteiger partial charge in [-0.25, -0.2) is 9.78 Å². The molecule has 3 amide bonds. The Bertz CT molecular complexity index is 1730. The summed E-state index contributed by atoms with van der Waals surface area (Å²) in [6.07, 6.45) is 1.29. The first-order valence-corrected chi connectivity index (χ1v) is 16.3. The van der Waals surface area contributed by atoms with Gasteiger partial charge in [0.15, 0.2) is 0 Å². The van der Waals surface area contributed by atoms with E-state index in [-0.39, 0.29) is 24.5 Å². The van der Waals surface area contributed by atoms with Crippen LogP contribution in [-0.2, 0) is 23.1 Å². The number of urea groups is 1. The fraction of sp³-hybridized carbons (Fsp3) is 0.417. The molecule has 3 atom stereocenters. The number of aliphatic hydroxyl groups excluding tert-OH is 1. The normalized spacial score (nSPS) is 19.5. The number of aliphatic hydroxyl groups is 1. The van der Waals surface area contributed by atoms with Crippen LogP contribution in [0.15, 0.2) is 66.9 Å². The Kier molecular flexibility index (Phi) is 9.76. The third-order valence-corrected chi connectivity index (χ3v) is 9.36. The molecule has 2 aliphatic heterocycles. The summed E-state index contributed by atoms with van der Waals surface area (Å²) < 4.78 is 14.1. The Morgan fingerprint density at radius 3 is 2.66 bits per heavy atom. The number of morpholine rings is 1. The third-order valence-electron chi connectivity index (χ3n) is 9.36. The average Bonchev–Trinajstić information content (AvgIpc) is 3.39. The molecule has 0 aliphatic carbocycles. The minimum atomic E-state index is -0.430. The van der Waals surface area contributed by atoms with E-state index in [0.29, 0.717) is 44.3 Å². The van der Waals surface area contributed by atoms with E-state index < -0.39 is 12.1 Å². The predicted molar refractivity (Wildman–Crippen MR) is 183 cm³/mol. The van der Waals surface area contributed by atoms with Crippen LogP contribution in [0.25, 0.3) is 22.0 Å². The third kappa shape index (κ3) is 6.69. The molecule has 248 valence electrons. The van der Waals surface area contributed by atoms with Gasteiger partial charge in [-0.3, -0.25) is 4.79 Å². The standard InChI is InChI=1S/C36H44N6O5/c1-24-20-42(25(2)22-43)35(44)34-33(29-11-7-8-12-30(29)40(34)4)28-10-6-5-9-26(28)23-47-31(24)21-39(3)36(45)38-27-13-14-37-32(19-27)41-15-17-46-18-16-41/h5-14,19,24-25,31,43H,15-18,20-23H2,1-4H3,(H,37,38,45)/t24-,25+,31+/m0/s1. The number of likely N-dealkylation sites (N-methyl/N-ethyl adjacent to an activating group) is 1. The largest absolute Gasteiger partial charge is 0.394 e. The molecular formula is C36H44N6O5. The van der Waals surface area contributed by atoms with Crippen LogP contribution in [0.5, 0.6) is 0 Å². The summed E-state index contributed by atoms with van der Waals surface area (Å²) in [6, 6.07) is 19.0. The molecule has 0 radical (unpaired) electrons. The lowest BCUT2D eigenvalue weighted by Crippen LogP contribution is -2.48. The van der Waals surface area contributed by atoms with Crippen LogP contribution in [0.2, 0.25) is 0 Å². The first kappa shape index (κ1) is 32.5. The van der Waals surface area contributed by atoms with Crippen molar-refractivity contribution in [3.63, 3.8) is 0 Å². The molecule has 2 aromatic carbocycles. The number of carbonyl (C=O) groups is 2. The predicted octanol–water partition coefficient (Wildman–Crippen LogP) is 4.60. The number of aryl methyl sites for hydroxylation is 1. The van der Waals surface area contributed by atoms with Crippen molar-refractivity contribution in [3.8, 4) is 11.1 Å². The summed E-state index contributed by atoms with van der Waals surface area (Å²) in [5.41, 5.74) is 4.94. The zero-order valence-electron chi connectivity index (χ0n) is 27.6. The Balaban J connectivity index is 1.29. The Morgan fingerprint density at radius 1 is 1.13 bits per heavy atom. The molecule has 11 nitrogen and oxygen atoms in total. The number of hydrogen-bond donors (Lipinski definition) is 2. The first-order chi connectivity index (χ1) is 22.8. The second-order valence-electron chi connectivity index (χ2n) is 12.6. The molecule has 1 fully saturated rings. The topological polar surface area (TPSA) is 112 Å². The molecular weight excluding hydrogens is 596 g/mol. The van der Waals surface area contributed by atoms with Crippen molar-refractivity contribution >= 4 is 34.3 Å². The number of nitrogens with one attached hydrogen (secondary N) is 1. The molecule has 0 saturated carbocycles.